The summed E-state index contributed by atoms with van der Waals surface area (Å²) in [5.41, 5.74) is 0. The average molecular weight is 152 g/mol. The van der Waals surface area contributed by atoms with Crippen LogP contribution in [-0.2, 0) is 0 Å². The SMILES string of the molecule is C=CCC=CC(CC)C(C)C. The molecule has 0 bridgehead atoms. The molecule has 64 valence electrons. The number of hydrogen-bond donors (Lipinski definition) is 0. The van der Waals surface area contributed by atoms with Crippen LogP contribution in [0.15, 0.2) is 24.8 Å². The minimum atomic E-state index is 0.745. The normalized spacial score (nSPS) is 14.2. The molecule has 0 aromatic carbocycles. The summed E-state index contributed by atoms with van der Waals surface area (Å²) in [5, 5.41) is 0. The Balaban J connectivity index is 3.76. The molecule has 0 saturated heterocycles. The Bertz CT molecular complexity index is 120. The zero-order chi connectivity index (χ0) is 8.69. The molecular formula is C11H20. The van der Waals surface area contributed by atoms with E-state index in [0.717, 1.165) is 18.3 Å². The molecule has 0 aliphatic rings. The third-order valence-electron chi connectivity index (χ3n) is 2.01. The Labute approximate surface area is 71.0 Å². The highest BCUT2D eigenvalue weighted by Crippen LogP contribution is 2.16. The van der Waals surface area contributed by atoms with Crippen LogP contribution in [0.5, 0.6) is 0 Å². The van der Waals surface area contributed by atoms with Gasteiger partial charge in [-0.1, -0.05) is 39.0 Å². The minimum Gasteiger partial charge on any atom is -0.103 e. The molecule has 0 rings (SSSR count). The van der Waals surface area contributed by atoms with Crippen molar-refractivity contribution < 1.29 is 0 Å². The van der Waals surface area contributed by atoms with E-state index in [0.29, 0.717) is 0 Å². The van der Waals surface area contributed by atoms with Gasteiger partial charge in [0.1, 0.15) is 0 Å². The maximum atomic E-state index is 3.68. The molecule has 0 saturated carbocycles. The van der Waals surface area contributed by atoms with Crippen LogP contribution in [0.4, 0.5) is 0 Å². The quantitative estimate of drug-likeness (QED) is 0.526. The van der Waals surface area contributed by atoms with Gasteiger partial charge in [0, 0.05) is 0 Å². The van der Waals surface area contributed by atoms with Gasteiger partial charge in [0.05, 0.1) is 0 Å². The summed E-state index contributed by atoms with van der Waals surface area (Å²) in [5.74, 6) is 1.51. The van der Waals surface area contributed by atoms with Crippen molar-refractivity contribution in [3.05, 3.63) is 24.8 Å². The fraction of sp³-hybridized carbons (Fsp3) is 0.636. The van der Waals surface area contributed by atoms with Crippen LogP contribution in [0.1, 0.15) is 33.6 Å². The maximum absolute atomic E-state index is 3.68. The molecule has 11 heavy (non-hydrogen) atoms. The second-order valence-corrected chi connectivity index (χ2v) is 3.27. The van der Waals surface area contributed by atoms with Gasteiger partial charge in [-0.2, -0.15) is 0 Å². The molecular weight excluding hydrogens is 132 g/mol. The highest BCUT2D eigenvalue weighted by molar-refractivity contribution is 4.93. The summed E-state index contributed by atoms with van der Waals surface area (Å²) < 4.78 is 0. The van der Waals surface area contributed by atoms with Crippen LogP contribution < -0.4 is 0 Å². The standard InChI is InChI=1S/C11H20/c1-5-7-8-9-11(6-2)10(3)4/h5,8-11H,1,6-7H2,2-4H3. The summed E-state index contributed by atoms with van der Waals surface area (Å²) in [6, 6.07) is 0. The van der Waals surface area contributed by atoms with E-state index >= 15 is 0 Å². The van der Waals surface area contributed by atoms with Crippen molar-refractivity contribution in [1.82, 2.24) is 0 Å². The van der Waals surface area contributed by atoms with Crippen LogP contribution in [-0.4, -0.2) is 0 Å². The summed E-state index contributed by atoms with van der Waals surface area (Å²) >= 11 is 0. The molecule has 0 fully saturated rings. The van der Waals surface area contributed by atoms with E-state index < -0.39 is 0 Å². The molecule has 0 spiro atoms. The van der Waals surface area contributed by atoms with Crippen LogP contribution in [0.2, 0.25) is 0 Å². The van der Waals surface area contributed by atoms with Crippen molar-refractivity contribution in [2.75, 3.05) is 0 Å². The first-order valence-corrected chi connectivity index (χ1v) is 4.49. The lowest BCUT2D eigenvalue weighted by Crippen LogP contribution is -2.03. The van der Waals surface area contributed by atoms with Gasteiger partial charge < -0.3 is 0 Å². The fourth-order valence-electron chi connectivity index (χ4n) is 1.18. The van der Waals surface area contributed by atoms with Crippen molar-refractivity contribution >= 4 is 0 Å². The molecule has 0 N–H and O–H groups in total. The molecule has 0 radical (unpaired) electrons. The number of rotatable bonds is 5. The molecule has 0 nitrogen and oxygen atoms in total. The van der Waals surface area contributed by atoms with Crippen molar-refractivity contribution in [1.29, 1.82) is 0 Å². The zero-order valence-corrected chi connectivity index (χ0v) is 8.01. The molecule has 1 unspecified atom stereocenters. The Morgan fingerprint density at radius 2 is 2.00 bits per heavy atom. The van der Waals surface area contributed by atoms with Crippen LogP contribution in [0.25, 0.3) is 0 Å². The molecule has 0 aromatic heterocycles. The average Bonchev–Trinajstić information content (AvgIpc) is 1.97. The Kier molecular flexibility index (Phi) is 5.91. The van der Waals surface area contributed by atoms with Gasteiger partial charge in [-0.3, -0.25) is 0 Å². The van der Waals surface area contributed by atoms with Crippen LogP contribution in [0.3, 0.4) is 0 Å². The number of allylic oxidation sites excluding steroid dienone is 3. The van der Waals surface area contributed by atoms with E-state index in [2.05, 4.69) is 39.5 Å². The van der Waals surface area contributed by atoms with Crippen molar-refractivity contribution in [3.63, 3.8) is 0 Å². The second-order valence-electron chi connectivity index (χ2n) is 3.27. The lowest BCUT2D eigenvalue weighted by atomic mass is 9.93. The highest BCUT2D eigenvalue weighted by Gasteiger charge is 2.05. The second kappa shape index (κ2) is 6.21. The molecule has 0 aliphatic carbocycles. The first-order valence-electron chi connectivity index (χ1n) is 4.49. The summed E-state index contributed by atoms with van der Waals surface area (Å²) in [6.45, 7) is 10.5. The predicted molar refractivity (Wildman–Crippen MR) is 52.6 cm³/mol. The van der Waals surface area contributed by atoms with Gasteiger partial charge in [-0.25, -0.2) is 0 Å². The molecule has 0 aliphatic heterocycles. The Morgan fingerprint density at radius 3 is 2.36 bits per heavy atom. The third kappa shape index (κ3) is 4.83. The van der Waals surface area contributed by atoms with E-state index in [1.165, 1.54) is 6.42 Å². The first kappa shape index (κ1) is 10.5. The van der Waals surface area contributed by atoms with Gasteiger partial charge in [0.15, 0.2) is 0 Å². The van der Waals surface area contributed by atoms with E-state index in [9.17, 15) is 0 Å². The van der Waals surface area contributed by atoms with E-state index in [-0.39, 0.29) is 0 Å². The molecule has 0 aromatic rings. The van der Waals surface area contributed by atoms with Gasteiger partial charge in [0.25, 0.3) is 0 Å². The lowest BCUT2D eigenvalue weighted by molar-refractivity contribution is 0.452. The van der Waals surface area contributed by atoms with Crippen LogP contribution >= 0.6 is 0 Å². The van der Waals surface area contributed by atoms with Gasteiger partial charge in [-0.05, 0) is 24.7 Å². The Hall–Kier alpha value is -0.520. The lowest BCUT2D eigenvalue weighted by Gasteiger charge is -2.13. The first-order chi connectivity index (χ1) is 5.22. The van der Waals surface area contributed by atoms with Crippen molar-refractivity contribution in [2.45, 2.75) is 33.6 Å². The molecule has 0 amide bonds. The third-order valence-corrected chi connectivity index (χ3v) is 2.01. The zero-order valence-electron chi connectivity index (χ0n) is 8.01. The fourth-order valence-corrected chi connectivity index (χ4v) is 1.18. The monoisotopic (exact) mass is 152 g/mol. The smallest absolute Gasteiger partial charge is 0.0172 e. The van der Waals surface area contributed by atoms with E-state index in [1.807, 2.05) is 6.08 Å². The molecule has 0 heterocycles. The predicted octanol–water partition coefficient (Wildman–Crippen LogP) is 3.80. The molecule has 1 atom stereocenters. The minimum absolute atomic E-state index is 0.745. The molecule has 0 heteroatoms. The van der Waals surface area contributed by atoms with Gasteiger partial charge >= 0.3 is 0 Å². The van der Waals surface area contributed by atoms with Crippen molar-refractivity contribution in [3.8, 4) is 0 Å². The maximum Gasteiger partial charge on any atom is -0.0172 e. The van der Waals surface area contributed by atoms with E-state index in [1.54, 1.807) is 0 Å². The largest absolute Gasteiger partial charge is 0.103 e. The van der Waals surface area contributed by atoms with Gasteiger partial charge in [-0.15, -0.1) is 6.58 Å². The summed E-state index contributed by atoms with van der Waals surface area (Å²) in [7, 11) is 0. The Morgan fingerprint density at radius 1 is 1.36 bits per heavy atom. The summed E-state index contributed by atoms with van der Waals surface area (Å²) in [6.07, 6.45) is 8.70. The highest BCUT2D eigenvalue weighted by atomic mass is 14.1. The van der Waals surface area contributed by atoms with Crippen molar-refractivity contribution in [2.24, 2.45) is 11.8 Å². The summed E-state index contributed by atoms with van der Waals surface area (Å²) in [4.78, 5) is 0. The van der Waals surface area contributed by atoms with Gasteiger partial charge in [0.2, 0.25) is 0 Å². The number of hydrogen-bond acceptors (Lipinski definition) is 0. The topological polar surface area (TPSA) is 0 Å². The van der Waals surface area contributed by atoms with Crippen LogP contribution in [0, 0.1) is 11.8 Å². The van der Waals surface area contributed by atoms with E-state index in [4.69, 9.17) is 0 Å².